The number of hydrogen-bond acceptors (Lipinski definition) is 6. The van der Waals surface area contributed by atoms with Crippen molar-refractivity contribution in [1.82, 2.24) is 20.1 Å². The molecule has 5 rings (SSSR count). The lowest BCUT2D eigenvalue weighted by Crippen LogP contribution is -2.31. The first-order valence-electron chi connectivity index (χ1n) is 8.91. The molecule has 0 radical (unpaired) electrons. The second-order valence-corrected chi connectivity index (χ2v) is 7.80. The number of nitrogens with one attached hydrogen (secondary N) is 1. The number of non-ortho nitro benzene ring substituents is 1. The highest BCUT2D eigenvalue weighted by atomic mass is 32.1. The highest BCUT2D eigenvalue weighted by Crippen LogP contribution is 2.37. The summed E-state index contributed by atoms with van der Waals surface area (Å²) in [5.74, 6) is -0.228. The number of nitrogens with zero attached hydrogens (tertiary/aromatic N) is 4. The first kappa shape index (κ1) is 16.8. The molecule has 8 nitrogen and oxygen atoms in total. The number of benzene rings is 2. The van der Waals surface area contributed by atoms with Crippen molar-refractivity contribution < 1.29 is 9.72 Å². The third kappa shape index (κ3) is 2.63. The van der Waals surface area contributed by atoms with Crippen molar-refractivity contribution in [2.45, 2.75) is 18.9 Å². The number of nitro benzene ring substituents is 1. The number of hydrogen-bond donors (Lipinski definition) is 1. The number of carbonyl (C=O) groups excluding carboxylic acids is 1. The molecule has 3 heterocycles. The van der Waals surface area contributed by atoms with Crippen LogP contribution in [0.2, 0.25) is 0 Å². The van der Waals surface area contributed by atoms with Crippen LogP contribution in [-0.4, -0.2) is 37.5 Å². The van der Waals surface area contributed by atoms with Gasteiger partial charge in [0.2, 0.25) is 0 Å². The van der Waals surface area contributed by atoms with Crippen molar-refractivity contribution in [3.63, 3.8) is 0 Å². The number of nitro groups is 1. The largest absolute Gasteiger partial charge is 0.328 e. The molecular weight excluding hydrogens is 378 g/mol. The molecule has 9 heteroatoms. The van der Waals surface area contributed by atoms with Gasteiger partial charge in [-0.05, 0) is 31.0 Å². The average Bonchev–Trinajstić information content (AvgIpc) is 3.43. The predicted octanol–water partition coefficient (Wildman–Crippen LogP) is 4.06. The van der Waals surface area contributed by atoms with Gasteiger partial charge in [-0.25, -0.2) is 4.98 Å². The highest BCUT2D eigenvalue weighted by Gasteiger charge is 2.34. The van der Waals surface area contributed by atoms with Crippen molar-refractivity contribution in [3.8, 4) is 0 Å². The minimum absolute atomic E-state index is 0.0629. The molecule has 2 aromatic carbocycles. The summed E-state index contributed by atoms with van der Waals surface area (Å²) in [4.78, 5) is 30.4. The monoisotopic (exact) mass is 393 g/mol. The van der Waals surface area contributed by atoms with Gasteiger partial charge in [-0.2, -0.15) is 5.10 Å². The van der Waals surface area contributed by atoms with Crippen molar-refractivity contribution in [1.29, 1.82) is 0 Å². The van der Waals surface area contributed by atoms with Crippen LogP contribution >= 0.6 is 11.3 Å². The van der Waals surface area contributed by atoms with Crippen LogP contribution in [0.1, 0.15) is 34.4 Å². The summed E-state index contributed by atoms with van der Waals surface area (Å²) in [6.45, 7) is 0.614. The Bertz CT molecular complexity index is 1200. The van der Waals surface area contributed by atoms with Gasteiger partial charge in [0.15, 0.2) is 5.69 Å². The summed E-state index contributed by atoms with van der Waals surface area (Å²) < 4.78 is 1.10. The van der Waals surface area contributed by atoms with Crippen LogP contribution in [0.15, 0.2) is 42.5 Å². The number of likely N-dealkylation sites (tertiary alicyclic amines) is 1. The quantitative estimate of drug-likeness (QED) is 0.417. The van der Waals surface area contributed by atoms with E-state index in [1.54, 1.807) is 22.3 Å². The van der Waals surface area contributed by atoms with Gasteiger partial charge >= 0.3 is 0 Å². The minimum atomic E-state index is -0.472. The highest BCUT2D eigenvalue weighted by molar-refractivity contribution is 7.18. The molecule has 2 aromatic heterocycles. The summed E-state index contributed by atoms with van der Waals surface area (Å²) >= 11 is 1.60. The first-order chi connectivity index (χ1) is 13.6. The molecule has 1 aliphatic rings. The molecule has 1 fully saturated rings. The SMILES string of the molecule is O=C(c1n[nH]c2ccc([N+](=O)[O-])cc12)N1CCC[C@@H]1c1nc2ccccc2s1. The standard InChI is InChI=1S/C19H15N5O3S/c25-19(17-12-10-11(24(26)27)7-8-13(12)21-22-17)23-9-3-5-15(23)18-20-14-4-1-2-6-16(14)28-18/h1-2,4,6-8,10,15H,3,5,9H2,(H,21,22)/t15-/m1/s1. The molecule has 1 amide bonds. The molecule has 0 spiro atoms. The molecule has 28 heavy (non-hydrogen) atoms. The number of para-hydroxylation sites is 1. The van der Waals surface area contributed by atoms with E-state index in [1.165, 1.54) is 12.1 Å². The number of rotatable bonds is 3. The lowest BCUT2D eigenvalue weighted by atomic mass is 10.1. The van der Waals surface area contributed by atoms with Crippen LogP contribution in [0.4, 0.5) is 5.69 Å². The summed E-state index contributed by atoms with van der Waals surface area (Å²) in [5, 5.41) is 19.4. The Morgan fingerprint density at radius 2 is 2.14 bits per heavy atom. The number of amides is 1. The van der Waals surface area contributed by atoms with Crippen LogP contribution in [0.5, 0.6) is 0 Å². The Balaban J connectivity index is 1.53. The maximum Gasteiger partial charge on any atom is 0.275 e. The molecule has 4 aromatic rings. The van der Waals surface area contributed by atoms with Crippen molar-refractivity contribution >= 4 is 44.1 Å². The van der Waals surface area contributed by atoms with E-state index in [0.29, 0.717) is 17.4 Å². The molecule has 0 unspecified atom stereocenters. The second kappa shape index (κ2) is 6.38. The van der Waals surface area contributed by atoms with Gasteiger partial charge in [0.25, 0.3) is 11.6 Å². The molecule has 1 aliphatic heterocycles. The maximum absolute atomic E-state index is 13.3. The van der Waals surface area contributed by atoms with E-state index in [9.17, 15) is 14.9 Å². The van der Waals surface area contributed by atoms with Gasteiger partial charge in [-0.15, -0.1) is 11.3 Å². The number of H-pyrrole nitrogens is 1. The smallest absolute Gasteiger partial charge is 0.275 e. The zero-order chi connectivity index (χ0) is 19.3. The average molecular weight is 393 g/mol. The lowest BCUT2D eigenvalue weighted by Gasteiger charge is -2.22. The van der Waals surface area contributed by atoms with Crippen LogP contribution in [-0.2, 0) is 0 Å². The normalized spacial score (nSPS) is 16.9. The van der Waals surface area contributed by atoms with Gasteiger partial charge in [-0.3, -0.25) is 20.0 Å². The molecule has 0 bridgehead atoms. The summed E-state index contributed by atoms with van der Waals surface area (Å²) in [6, 6.07) is 12.2. The third-order valence-electron chi connectivity index (χ3n) is 5.07. The van der Waals surface area contributed by atoms with E-state index < -0.39 is 4.92 Å². The van der Waals surface area contributed by atoms with Gasteiger partial charge in [-0.1, -0.05) is 12.1 Å². The number of aromatic nitrogens is 3. The molecule has 1 N–H and O–H groups in total. The van der Waals surface area contributed by atoms with Crippen molar-refractivity contribution in [3.05, 3.63) is 63.3 Å². The Morgan fingerprint density at radius 1 is 1.29 bits per heavy atom. The predicted molar refractivity (Wildman–Crippen MR) is 105 cm³/mol. The van der Waals surface area contributed by atoms with Crippen LogP contribution in [0.3, 0.4) is 0 Å². The Hall–Kier alpha value is -3.33. The Labute approximate surface area is 163 Å². The van der Waals surface area contributed by atoms with Gasteiger partial charge in [0.05, 0.1) is 26.7 Å². The van der Waals surface area contributed by atoms with E-state index in [4.69, 9.17) is 4.98 Å². The molecular formula is C19H15N5O3S. The molecule has 0 aliphatic carbocycles. The number of carbonyl (C=O) groups is 1. The van der Waals surface area contributed by atoms with Crippen LogP contribution < -0.4 is 0 Å². The number of thiazole rings is 1. The van der Waals surface area contributed by atoms with E-state index >= 15 is 0 Å². The Morgan fingerprint density at radius 3 is 2.96 bits per heavy atom. The van der Waals surface area contributed by atoms with Gasteiger partial charge in [0.1, 0.15) is 5.01 Å². The number of fused-ring (bicyclic) bond motifs is 2. The molecule has 140 valence electrons. The second-order valence-electron chi connectivity index (χ2n) is 6.74. The maximum atomic E-state index is 13.3. The van der Waals surface area contributed by atoms with E-state index in [0.717, 1.165) is 28.1 Å². The molecule has 1 atom stereocenters. The minimum Gasteiger partial charge on any atom is -0.328 e. The number of aromatic amines is 1. The molecule has 0 saturated carbocycles. The topological polar surface area (TPSA) is 105 Å². The van der Waals surface area contributed by atoms with Crippen LogP contribution in [0, 0.1) is 10.1 Å². The molecule has 1 saturated heterocycles. The van der Waals surface area contributed by atoms with Gasteiger partial charge < -0.3 is 4.90 Å². The van der Waals surface area contributed by atoms with Gasteiger partial charge in [0, 0.05) is 24.1 Å². The van der Waals surface area contributed by atoms with E-state index in [2.05, 4.69) is 10.2 Å². The zero-order valence-corrected chi connectivity index (χ0v) is 15.5. The first-order valence-corrected chi connectivity index (χ1v) is 9.72. The third-order valence-corrected chi connectivity index (χ3v) is 6.21. The van der Waals surface area contributed by atoms with Crippen molar-refractivity contribution in [2.75, 3.05) is 6.54 Å². The summed E-state index contributed by atoms with van der Waals surface area (Å²) in [7, 11) is 0. The fourth-order valence-electron chi connectivity index (χ4n) is 3.71. The fraction of sp³-hybridized carbons (Fsp3) is 0.211. The van der Waals surface area contributed by atoms with Crippen molar-refractivity contribution in [2.24, 2.45) is 0 Å². The van der Waals surface area contributed by atoms with E-state index in [1.807, 2.05) is 24.3 Å². The van der Waals surface area contributed by atoms with E-state index in [-0.39, 0.29) is 23.3 Å². The lowest BCUT2D eigenvalue weighted by molar-refractivity contribution is -0.384. The van der Waals surface area contributed by atoms with Crippen LogP contribution in [0.25, 0.3) is 21.1 Å². The summed E-state index contributed by atoms with van der Waals surface area (Å²) in [6.07, 6.45) is 1.73. The summed E-state index contributed by atoms with van der Waals surface area (Å²) in [5.41, 5.74) is 1.69. The fourth-order valence-corrected chi connectivity index (χ4v) is 4.83. The Kier molecular flexibility index (Phi) is 3.83. The zero-order valence-electron chi connectivity index (χ0n) is 14.7.